The fourth-order valence-corrected chi connectivity index (χ4v) is 3.84. The SMILES string of the molecule is Cn1cc(C(=O)OCC(=O)N(Cc2ccccc2)c2nc(-c3ccc(F)cc3)cs2)cn1. The van der Waals surface area contributed by atoms with Gasteiger partial charge in [0.2, 0.25) is 0 Å². The number of aromatic nitrogens is 3. The Balaban J connectivity index is 1.54. The van der Waals surface area contributed by atoms with E-state index in [1.165, 1.54) is 45.4 Å². The summed E-state index contributed by atoms with van der Waals surface area (Å²) in [5, 5.41) is 6.18. The van der Waals surface area contributed by atoms with Crippen molar-refractivity contribution in [1.82, 2.24) is 14.8 Å². The van der Waals surface area contributed by atoms with E-state index in [-0.39, 0.29) is 17.9 Å². The van der Waals surface area contributed by atoms with Crippen LogP contribution in [0.25, 0.3) is 11.3 Å². The largest absolute Gasteiger partial charge is 0.452 e. The number of hydrogen-bond acceptors (Lipinski definition) is 6. The molecular formula is C23H19FN4O3S. The zero-order valence-electron chi connectivity index (χ0n) is 17.1. The van der Waals surface area contributed by atoms with Gasteiger partial charge in [-0.3, -0.25) is 14.4 Å². The van der Waals surface area contributed by atoms with Gasteiger partial charge in [0, 0.05) is 24.2 Å². The second-order valence-electron chi connectivity index (χ2n) is 6.97. The molecule has 0 aliphatic heterocycles. The van der Waals surface area contributed by atoms with Gasteiger partial charge in [0.15, 0.2) is 11.7 Å². The minimum atomic E-state index is -0.628. The molecule has 0 atom stereocenters. The molecule has 1 amide bonds. The molecule has 0 saturated carbocycles. The number of amides is 1. The Morgan fingerprint density at radius 3 is 2.56 bits per heavy atom. The lowest BCUT2D eigenvalue weighted by Gasteiger charge is -2.20. The van der Waals surface area contributed by atoms with E-state index in [0.717, 1.165) is 11.1 Å². The van der Waals surface area contributed by atoms with E-state index in [0.29, 0.717) is 10.8 Å². The number of halogens is 1. The molecule has 2 aromatic heterocycles. The van der Waals surface area contributed by atoms with E-state index in [4.69, 9.17) is 4.74 Å². The van der Waals surface area contributed by atoms with Crippen molar-refractivity contribution in [2.75, 3.05) is 11.5 Å². The third-order valence-electron chi connectivity index (χ3n) is 4.61. The quantitative estimate of drug-likeness (QED) is 0.397. The molecule has 2 heterocycles. The van der Waals surface area contributed by atoms with Crippen LogP contribution >= 0.6 is 11.3 Å². The summed E-state index contributed by atoms with van der Waals surface area (Å²) in [5.74, 6) is -1.37. The van der Waals surface area contributed by atoms with Gasteiger partial charge in [-0.05, 0) is 29.8 Å². The number of ether oxygens (including phenoxy) is 1. The maximum Gasteiger partial charge on any atom is 0.341 e. The van der Waals surface area contributed by atoms with Crippen LogP contribution in [0.5, 0.6) is 0 Å². The van der Waals surface area contributed by atoms with Gasteiger partial charge in [0.1, 0.15) is 5.82 Å². The van der Waals surface area contributed by atoms with Crippen LogP contribution in [-0.2, 0) is 23.1 Å². The number of carbonyl (C=O) groups excluding carboxylic acids is 2. The summed E-state index contributed by atoms with van der Waals surface area (Å²) in [7, 11) is 1.69. The number of anilines is 1. The fraction of sp³-hybridized carbons (Fsp3) is 0.130. The summed E-state index contributed by atoms with van der Waals surface area (Å²) >= 11 is 1.28. The lowest BCUT2D eigenvalue weighted by molar-refractivity contribution is -0.121. The first kappa shape index (κ1) is 21.4. The van der Waals surface area contributed by atoms with Crippen molar-refractivity contribution in [1.29, 1.82) is 0 Å². The summed E-state index contributed by atoms with van der Waals surface area (Å²) in [4.78, 5) is 31.3. The monoisotopic (exact) mass is 450 g/mol. The summed E-state index contributed by atoms with van der Waals surface area (Å²) in [6.45, 7) is -0.174. The molecule has 9 heteroatoms. The summed E-state index contributed by atoms with van der Waals surface area (Å²) in [6.07, 6.45) is 2.90. The number of nitrogens with zero attached hydrogens (tertiary/aromatic N) is 4. The number of hydrogen-bond donors (Lipinski definition) is 0. The lowest BCUT2D eigenvalue weighted by atomic mass is 10.2. The topological polar surface area (TPSA) is 77.3 Å². The van der Waals surface area contributed by atoms with E-state index >= 15 is 0 Å². The first-order valence-electron chi connectivity index (χ1n) is 9.71. The Labute approximate surface area is 187 Å². The molecule has 0 fully saturated rings. The normalized spacial score (nSPS) is 10.7. The van der Waals surface area contributed by atoms with Gasteiger partial charge in [-0.15, -0.1) is 11.3 Å². The molecule has 0 radical (unpaired) electrons. The highest BCUT2D eigenvalue weighted by atomic mass is 32.1. The van der Waals surface area contributed by atoms with Crippen molar-refractivity contribution in [2.45, 2.75) is 6.54 Å². The molecule has 0 aliphatic rings. The molecule has 0 unspecified atom stereocenters. The third kappa shape index (κ3) is 5.06. The van der Waals surface area contributed by atoms with E-state index < -0.39 is 18.5 Å². The van der Waals surface area contributed by atoms with Gasteiger partial charge in [-0.25, -0.2) is 14.2 Å². The van der Waals surface area contributed by atoms with Crippen LogP contribution < -0.4 is 4.90 Å². The number of carbonyl (C=O) groups is 2. The summed E-state index contributed by atoms with van der Waals surface area (Å²) in [6, 6.07) is 15.4. The minimum absolute atomic E-state index is 0.264. The molecular weight excluding hydrogens is 431 g/mol. The lowest BCUT2D eigenvalue weighted by Crippen LogP contribution is -2.34. The Morgan fingerprint density at radius 2 is 1.88 bits per heavy atom. The molecule has 0 N–H and O–H groups in total. The average molecular weight is 450 g/mol. The molecule has 162 valence electrons. The second-order valence-corrected chi connectivity index (χ2v) is 7.80. The van der Waals surface area contributed by atoms with Crippen molar-refractivity contribution in [3.05, 3.63) is 89.3 Å². The van der Waals surface area contributed by atoms with E-state index in [9.17, 15) is 14.0 Å². The highest BCUT2D eigenvalue weighted by Crippen LogP contribution is 2.29. The van der Waals surface area contributed by atoms with Gasteiger partial charge in [-0.1, -0.05) is 30.3 Å². The molecule has 4 aromatic rings. The maximum atomic E-state index is 13.2. The van der Waals surface area contributed by atoms with E-state index in [2.05, 4.69) is 10.1 Å². The van der Waals surface area contributed by atoms with Crippen molar-refractivity contribution in [3.63, 3.8) is 0 Å². The van der Waals surface area contributed by atoms with Gasteiger partial charge in [0.25, 0.3) is 5.91 Å². The van der Waals surface area contributed by atoms with Crippen molar-refractivity contribution in [3.8, 4) is 11.3 Å². The van der Waals surface area contributed by atoms with Crippen molar-refractivity contribution < 1.29 is 18.7 Å². The van der Waals surface area contributed by atoms with Gasteiger partial charge in [0.05, 0.1) is 24.0 Å². The van der Waals surface area contributed by atoms with Crippen molar-refractivity contribution >= 4 is 28.3 Å². The minimum Gasteiger partial charge on any atom is -0.452 e. The second kappa shape index (κ2) is 9.52. The highest BCUT2D eigenvalue weighted by molar-refractivity contribution is 7.14. The summed E-state index contributed by atoms with van der Waals surface area (Å²) < 4.78 is 19.9. The standard InChI is InChI=1S/C23H19FN4O3S/c1-27-13-18(11-25-27)22(30)31-14-21(29)28(12-16-5-3-2-4-6-16)23-26-20(15-32-23)17-7-9-19(24)10-8-17/h2-11,13,15H,12,14H2,1H3. The Hall–Kier alpha value is -3.85. The van der Waals surface area contributed by atoms with E-state index in [1.807, 2.05) is 30.3 Å². The van der Waals surface area contributed by atoms with Gasteiger partial charge in [-0.2, -0.15) is 5.10 Å². The molecule has 0 aliphatic carbocycles. The van der Waals surface area contributed by atoms with Gasteiger partial charge >= 0.3 is 5.97 Å². The van der Waals surface area contributed by atoms with Crippen LogP contribution in [0.1, 0.15) is 15.9 Å². The zero-order valence-corrected chi connectivity index (χ0v) is 18.0. The van der Waals surface area contributed by atoms with E-state index in [1.54, 1.807) is 24.6 Å². The number of rotatable bonds is 7. The van der Waals surface area contributed by atoms with Gasteiger partial charge < -0.3 is 4.74 Å². The fourth-order valence-electron chi connectivity index (χ4n) is 2.99. The number of aryl methyl sites for hydroxylation is 1. The van der Waals surface area contributed by atoms with Crippen LogP contribution in [0.15, 0.2) is 72.4 Å². The third-order valence-corrected chi connectivity index (χ3v) is 5.48. The Bertz CT molecular complexity index is 1220. The molecule has 7 nitrogen and oxygen atoms in total. The highest BCUT2D eigenvalue weighted by Gasteiger charge is 2.22. The number of thiazole rings is 1. The van der Waals surface area contributed by atoms with Crippen LogP contribution in [0.3, 0.4) is 0 Å². The van der Waals surface area contributed by atoms with Crippen LogP contribution in [-0.4, -0.2) is 33.2 Å². The summed E-state index contributed by atoms with van der Waals surface area (Å²) in [5.41, 5.74) is 2.54. The number of esters is 1. The molecule has 0 saturated heterocycles. The molecule has 2 aromatic carbocycles. The average Bonchev–Trinajstić information content (AvgIpc) is 3.46. The van der Waals surface area contributed by atoms with Crippen molar-refractivity contribution in [2.24, 2.45) is 7.05 Å². The Kier molecular flexibility index (Phi) is 6.37. The molecule has 32 heavy (non-hydrogen) atoms. The Morgan fingerprint density at radius 1 is 1.12 bits per heavy atom. The molecule has 4 rings (SSSR count). The zero-order chi connectivity index (χ0) is 22.5. The number of benzene rings is 2. The molecule has 0 spiro atoms. The first-order valence-corrected chi connectivity index (χ1v) is 10.6. The van der Waals surface area contributed by atoms with Crippen LogP contribution in [0, 0.1) is 5.82 Å². The predicted molar refractivity (Wildman–Crippen MR) is 119 cm³/mol. The predicted octanol–water partition coefficient (Wildman–Crippen LogP) is 4.07. The maximum absolute atomic E-state index is 13.2. The smallest absolute Gasteiger partial charge is 0.341 e. The van der Waals surface area contributed by atoms with Crippen LogP contribution in [0.4, 0.5) is 9.52 Å². The van der Waals surface area contributed by atoms with Crippen LogP contribution in [0.2, 0.25) is 0 Å². The molecule has 0 bridgehead atoms. The first-order chi connectivity index (χ1) is 15.5.